The molecule has 0 atom stereocenters. The summed E-state index contributed by atoms with van der Waals surface area (Å²) in [5, 5.41) is 15.2. The molecule has 0 heterocycles. The van der Waals surface area contributed by atoms with Crippen molar-refractivity contribution < 1.29 is 28.7 Å². The van der Waals surface area contributed by atoms with Crippen LogP contribution in [0.15, 0.2) is 33.8 Å². The van der Waals surface area contributed by atoms with Gasteiger partial charge in [0, 0.05) is 6.92 Å². The second-order valence-electron chi connectivity index (χ2n) is 6.36. The Kier molecular flexibility index (Phi) is 8.08. The molecule has 0 saturated heterocycles. The number of nitro groups is 1. The lowest BCUT2D eigenvalue weighted by Crippen LogP contribution is -2.25. The normalized spacial score (nSPS) is 10.6. The molecule has 0 unspecified atom stereocenters. The molecule has 0 bridgehead atoms. The van der Waals surface area contributed by atoms with Crippen LogP contribution in [0.5, 0.6) is 17.2 Å². The lowest BCUT2D eigenvalue weighted by molar-refractivity contribution is -0.385. The molecule has 164 valence electrons. The number of carbonyl (C=O) groups excluding carboxylic acids is 2. The smallest absolute Gasteiger partial charge is 0.323 e. The number of carbonyl (C=O) groups is 2. The summed E-state index contributed by atoms with van der Waals surface area (Å²) in [7, 11) is 1.21. The van der Waals surface area contributed by atoms with E-state index in [2.05, 4.69) is 26.5 Å². The minimum atomic E-state index is -0.699. The van der Waals surface area contributed by atoms with Gasteiger partial charge in [-0.3, -0.25) is 19.7 Å². The zero-order chi connectivity index (χ0) is 23.1. The van der Waals surface area contributed by atoms with Crippen LogP contribution in [0.25, 0.3) is 0 Å². The molecule has 2 aromatic rings. The quantitative estimate of drug-likeness (QED) is 0.196. The van der Waals surface area contributed by atoms with Crippen molar-refractivity contribution in [1.29, 1.82) is 0 Å². The Morgan fingerprint density at radius 2 is 1.97 bits per heavy atom. The van der Waals surface area contributed by atoms with E-state index in [0.29, 0.717) is 5.75 Å². The van der Waals surface area contributed by atoms with Gasteiger partial charge in [0.05, 0.1) is 28.3 Å². The molecule has 0 aliphatic carbocycles. The molecular weight excluding hydrogens is 474 g/mol. The van der Waals surface area contributed by atoms with E-state index in [1.807, 2.05) is 26.0 Å². The van der Waals surface area contributed by atoms with Crippen LogP contribution in [-0.2, 0) is 9.59 Å². The Morgan fingerprint density at radius 1 is 1.26 bits per heavy atom. The van der Waals surface area contributed by atoms with E-state index in [9.17, 15) is 19.7 Å². The number of hydrogen-bond acceptors (Lipinski definition) is 8. The fourth-order valence-corrected chi connectivity index (χ4v) is 3.51. The zero-order valence-corrected chi connectivity index (χ0v) is 18.8. The van der Waals surface area contributed by atoms with Crippen LogP contribution < -0.4 is 19.6 Å². The molecule has 1 N–H and O–H groups in total. The molecule has 0 aromatic heterocycles. The molecule has 2 aromatic carbocycles. The van der Waals surface area contributed by atoms with Gasteiger partial charge >= 0.3 is 11.7 Å². The first-order chi connectivity index (χ1) is 14.6. The summed E-state index contributed by atoms with van der Waals surface area (Å²) < 4.78 is 16.2. The van der Waals surface area contributed by atoms with E-state index < -0.39 is 22.5 Å². The van der Waals surface area contributed by atoms with Gasteiger partial charge < -0.3 is 14.2 Å². The maximum absolute atomic E-state index is 12.0. The molecule has 0 aliphatic heterocycles. The van der Waals surface area contributed by atoms with E-state index in [1.54, 1.807) is 0 Å². The molecule has 0 aliphatic rings. The molecule has 1 amide bonds. The number of methoxy groups -OCH3 is 1. The number of hydrogen-bond donors (Lipinski definition) is 1. The fraction of sp³-hybridized carbons (Fsp3) is 0.250. The standard InChI is InChI=1S/C20H20BrN3O7/c1-11-7-12(2)19(15(21)8-11)30-10-17(26)23-22-9-14-5-6-16(31-13(3)25)20(29-4)18(14)24(27)28/h5-9H,10H2,1-4H3,(H,23,26). The summed E-state index contributed by atoms with van der Waals surface area (Å²) >= 11 is 3.39. The SMILES string of the molecule is COc1c(OC(C)=O)ccc(C=NNC(=O)COc2c(C)cc(C)cc2Br)c1[N+](=O)[O-]. The van der Waals surface area contributed by atoms with Crippen LogP contribution in [0.4, 0.5) is 5.69 Å². The summed E-state index contributed by atoms with van der Waals surface area (Å²) in [6.45, 7) is 4.65. The minimum absolute atomic E-state index is 0.0380. The molecule has 0 saturated carbocycles. The van der Waals surface area contributed by atoms with Crippen molar-refractivity contribution in [2.45, 2.75) is 20.8 Å². The van der Waals surface area contributed by atoms with Crippen LogP contribution in [0, 0.1) is 24.0 Å². The third-order valence-corrected chi connectivity index (χ3v) is 4.47. The average molecular weight is 494 g/mol. The molecular formula is C20H20BrN3O7. The van der Waals surface area contributed by atoms with Crippen molar-refractivity contribution >= 4 is 39.7 Å². The van der Waals surface area contributed by atoms with E-state index in [4.69, 9.17) is 14.2 Å². The summed E-state index contributed by atoms with van der Waals surface area (Å²) in [4.78, 5) is 34.0. The number of esters is 1. The van der Waals surface area contributed by atoms with Crippen LogP contribution in [0.3, 0.4) is 0 Å². The number of amides is 1. The van der Waals surface area contributed by atoms with Crippen molar-refractivity contribution in [3.05, 3.63) is 55.5 Å². The third kappa shape index (κ3) is 6.25. The minimum Gasteiger partial charge on any atom is -0.488 e. The maximum Gasteiger partial charge on any atom is 0.323 e. The Hall–Kier alpha value is -3.47. The largest absolute Gasteiger partial charge is 0.488 e. The second-order valence-corrected chi connectivity index (χ2v) is 7.21. The summed E-state index contributed by atoms with van der Waals surface area (Å²) in [5.74, 6) is -1.02. The number of ether oxygens (including phenoxy) is 3. The van der Waals surface area contributed by atoms with Gasteiger partial charge in [0.2, 0.25) is 5.75 Å². The Bertz CT molecular complexity index is 1030. The van der Waals surface area contributed by atoms with E-state index in [-0.39, 0.29) is 23.7 Å². The van der Waals surface area contributed by atoms with Gasteiger partial charge in [-0.25, -0.2) is 5.43 Å². The highest BCUT2D eigenvalue weighted by Crippen LogP contribution is 2.39. The van der Waals surface area contributed by atoms with Crippen molar-refractivity contribution in [2.24, 2.45) is 5.10 Å². The number of nitrogens with one attached hydrogen (secondary N) is 1. The molecule has 31 heavy (non-hydrogen) atoms. The Morgan fingerprint density at radius 3 is 2.55 bits per heavy atom. The van der Waals surface area contributed by atoms with Gasteiger partial charge in [-0.15, -0.1) is 0 Å². The molecule has 0 radical (unpaired) electrons. The summed E-state index contributed by atoms with van der Waals surface area (Å²) in [6, 6.07) is 6.43. The molecule has 10 nitrogen and oxygen atoms in total. The molecule has 0 spiro atoms. The fourth-order valence-electron chi connectivity index (χ4n) is 2.72. The topological polar surface area (TPSA) is 129 Å². The predicted octanol–water partition coefficient (Wildman–Crippen LogP) is 3.44. The summed E-state index contributed by atoms with van der Waals surface area (Å²) in [5.41, 5.74) is 3.72. The number of benzene rings is 2. The van der Waals surface area contributed by atoms with E-state index >= 15 is 0 Å². The predicted molar refractivity (Wildman–Crippen MR) is 116 cm³/mol. The first-order valence-electron chi connectivity index (χ1n) is 8.89. The first kappa shape index (κ1) is 23.8. The highest BCUT2D eigenvalue weighted by Gasteiger charge is 2.25. The molecule has 11 heteroatoms. The van der Waals surface area contributed by atoms with Crippen molar-refractivity contribution in [2.75, 3.05) is 13.7 Å². The average Bonchev–Trinajstić information content (AvgIpc) is 2.67. The lowest BCUT2D eigenvalue weighted by Gasteiger charge is -2.11. The zero-order valence-electron chi connectivity index (χ0n) is 17.2. The van der Waals surface area contributed by atoms with Crippen molar-refractivity contribution in [3.8, 4) is 17.2 Å². The number of hydrazone groups is 1. The van der Waals surface area contributed by atoms with E-state index in [0.717, 1.165) is 28.7 Å². The number of rotatable bonds is 8. The van der Waals surface area contributed by atoms with Crippen LogP contribution >= 0.6 is 15.9 Å². The number of nitro benzene ring substituents is 1. The number of nitrogens with zero attached hydrogens (tertiary/aromatic N) is 2. The highest BCUT2D eigenvalue weighted by molar-refractivity contribution is 9.10. The van der Waals surface area contributed by atoms with Gasteiger partial charge in [0.1, 0.15) is 5.75 Å². The Balaban J connectivity index is 2.12. The third-order valence-electron chi connectivity index (χ3n) is 3.88. The van der Waals surface area contributed by atoms with Gasteiger partial charge in [-0.2, -0.15) is 5.10 Å². The first-order valence-corrected chi connectivity index (χ1v) is 9.68. The van der Waals surface area contributed by atoms with Crippen LogP contribution in [0.2, 0.25) is 0 Å². The van der Waals surface area contributed by atoms with E-state index in [1.165, 1.54) is 19.2 Å². The van der Waals surface area contributed by atoms with Crippen molar-refractivity contribution in [3.63, 3.8) is 0 Å². The van der Waals surface area contributed by atoms with Gasteiger partial charge in [-0.05, 0) is 59.1 Å². The monoisotopic (exact) mass is 493 g/mol. The second kappa shape index (κ2) is 10.5. The molecule has 2 rings (SSSR count). The van der Waals surface area contributed by atoms with Crippen molar-refractivity contribution in [1.82, 2.24) is 5.43 Å². The van der Waals surface area contributed by atoms with Gasteiger partial charge in [-0.1, -0.05) is 6.07 Å². The Labute approximate surface area is 186 Å². The lowest BCUT2D eigenvalue weighted by atomic mass is 10.1. The number of halogens is 1. The summed E-state index contributed by atoms with van der Waals surface area (Å²) in [6.07, 6.45) is 1.09. The van der Waals surface area contributed by atoms with Gasteiger partial charge in [0.15, 0.2) is 12.4 Å². The number of aryl methyl sites for hydroxylation is 2. The van der Waals surface area contributed by atoms with Gasteiger partial charge in [0.25, 0.3) is 5.91 Å². The maximum atomic E-state index is 12.0. The highest BCUT2D eigenvalue weighted by atomic mass is 79.9. The molecule has 0 fully saturated rings. The van der Waals surface area contributed by atoms with Crippen LogP contribution in [-0.4, -0.2) is 36.7 Å². The van der Waals surface area contributed by atoms with Crippen LogP contribution in [0.1, 0.15) is 23.6 Å².